The minimum Gasteiger partial charge on any atom is -0.337 e. The van der Waals surface area contributed by atoms with Gasteiger partial charge in [-0.1, -0.05) is 49.6 Å². The van der Waals surface area contributed by atoms with Crippen molar-refractivity contribution in [2.24, 2.45) is 5.92 Å². The quantitative estimate of drug-likeness (QED) is 0.821. The van der Waals surface area contributed by atoms with Crippen LogP contribution in [-0.4, -0.2) is 17.4 Å². The van der Waals surface area contributed by atoms with Gasteiger partial charge in [0.2, 0.25) is 5.91 Å². The summed E-state index contributed by atoms with van der Waals surface area (Å²) in [4.78, 5) is 14.5. The predicted octanol–water partition coefficient (Wildman–Crippen LogP) is 3.51. The Morgan fingerprint density at radius 3 is 2.55 bits per heavy atom. The molecule has 2 rings (SSSR count). The molecule has 1 aromatic carbocycles. The number of amides is 1. The Labute approximate surface area is 121 Å². The Kier molecular flexibility index (Phi) is 5.61. The third-order valence-corrected chi connectivity index (χ3v) is 3.98. The van der Waals surface area contributed by atoms with Crippen LogP contribution in [0.15, 0.2) is 30.3 Å². The lowest BCUT2D eigenvalue weighted by molar-refractivity contribution is -0.137. The lowest BCUT2D eigenvalue weighted by Gasteiger charge is -2.29. The molecule has 0 saturated heterocycles. The van der Waals surface area contributed by atoms with Gasteiger partial charge in [0, 0.05) is 19.0 Å². The summed E-state index contributed by atoms with van der Waals surface area (Å²) in [6.07, 6.45) is 6.00. The fraction of sp³-hybridized carbons (Fsp3) is 0.529. The van der Waals surface area contributed by atoms with Crippen LogP contribution in [0.3, 0.4) is 0 Å². The standard InChI is InChI=1S/C17H22N2O/c18-12-7-13-19(14-15-8-3-1-4-9-15)17(20)16-10-5-2-6-11-16/h1,3-4,8-9,16H,2,5-7,10-11,13-14H2. The van der Waals surface area contributed by atoms with Gasteiger partial charge in [-0.3, -0.25) is 4.79 Å². The molecular weight excluding hydrogens is 248 g/mol. The second-order valence-corrected chi connectivity index (χ2v) is 5.49. The Balaban J connectivity index is 2.02. The summed E-state index contributed by atoms with van der Waals surface area (Å²) in [5, 5.41) is 8.79. The van der Waals surface area contributed by atoms with E-state index in [0.29, 0.717) is 19.5 Å². The highest BCUT2D eigenvalue weighted by atomic mass is 16.2. The van der Waals surface area contributed by atoms with Crippen molar-refractivity contribution in [2.75, 3.05) is 6.54 Å². The number of nitrogens with zero attached hydrogens (tertiary/aromatic N) is 2. The van der Waals surface area contributed by atoms with Crippen LogP contribution in [0.1, 0.15) is 44.1 Å². The van der Waals surface area contributed by atoms with E-state index in [-0.39, 0.29) is 11.8 Å². The van der Waals surface area contributed by atoms with E-state index in [1.165, 1.54) is 6.42 Å². The number of hydrogen-bond acceptors (Lipinski definition) is 2. The van der Waals surface area contributed by atoms with Crippen LogP contribution < -0.4 is 0 Å². The number of benzene rings is 1. The van der Waals surface area contributed by atoms with E-state index >= 15 is 0 Å². The molecule has 1 aliphatic rings. The molecule has 0 spiro atoms. The van der Waals surface area contributed by atoms with E-state index in [2.05, 4.69) is 6.07 Å². The van der Waals surface area contributed by atoms with Crippen LogP contribution in [0.2, 0.25) is 0 Å². The first kappa shape index (κ1) is 14.6. The van der Waals surface area contributed by atoms with Crippen LogP contribution in [0.25, 0.3) is 0 Å². The van der Waals surface area contributed by atoms with Gasteiger partial charge < -0.3 is 4.90 Å². The topological polar surface area (TPSA) is 44.1 Å². The van der Waals surface area contributed by atoms with Gasteiger partial charge in [0.1, 0.15) is 0 Å². The second kappa shape index (κ2) is 7.69. The van der Waals surface area contributed by atoms with Crippen LogP contribution in [0.5, 0.6) is 0 Å². The molecule has 0 aromatic heterocycles. The van der Waals surface area contributed by atoms with Gasteiger partial charge in [0.25, 0.3) is 0 Å². The van der Waals surface area contributed by atoms with Gasteiger partial charge in [0.15, 0.2) is 0 Å². The van der Waals surface area contributed by atoms with Gasteiger partial charge in [-0.05, 0) is 18.4 Å². The maximum absolute atomic E-state index is 12.6. The van der Waals surface area contributed by atoms with Crippen LogP contribution in [0, 0.1) is 17.2 Å². The fourth-order valence-corrected chi connectivity index (χ4v) is 2.86. The van der Waals surface area contributed by atoms with E-state index < -0.39 is 0 Å². The van der Waals surface area contributed by atoms with Crippen molar-refractivity contribution < 1.29 is 4.79 Å². The molecule has 1 aliphatic carbocycles. The molecule has 0 radical (unpaired) electrons. The first-order valence-electron chi connectivity index (χ1n) is 7.51. The minimum atomic E-state index is 0.172. The third kappa shape index (κ3) is 4.09. The highest BCUT2D eigenvalue weighted by molar-refractivity contribution is 5.79. The van der Waals surface area contributed by atoms with Crippen molar-refractivity contribution >= 4 is 5.91 Å². The van der Waals surface area contributed by atoms with Crippen molar-refractivity contribution in [3.63, 3.8) is 0 Å². The third-order valence-electron chi connectivity index (χ3n) is 3.98. The molecule has 3 heteroatoms. The summed E-state index contributed by atoms with van der Waals surface area (Å²) < 4.78 is 0. The Hall–Kier alpha value is -1.82. The summed E-state index contributed by atoms with van der Waals surface area (Å²) in [7, 11) is 0. The van der Waals surface area contributed by atoms with Gasteiger partial charge in [-0.15, -0.1) is 0 Å². The summed E-state index contributed by atoms with van der Waals surface area (Å²) in [5.74, 6) is 0.412. The van der Waals surface area contributed by atoms with E-state index in [1.54, 1.807) is 0 Å². The molecule has 1 saturated carbocycles. The van der Waals surface area contributed by atoms with Gasteiger partial charge in [-0.2, -0.15) is 5.26 Å². The van der Waals surface area contributed by atoms with Crippen molar-refractivity contribution in [3.8, 4) is 6.07 Å². The number of hydrogen-bond donors (Lipinski definition) is 0. The maximum Gasteiger partial charge on any atom is 0.226 e. The summed E-state index contributed by atoms with van der Waals surface area (Å²) in [6.45, 7) is 1.17. The number of carbonyl (C=O) groups excluding carboxylic acids is 1. The summed E-state index contributed by atoms with van der Waals surface area (Å²) in [6, 6.07) is 12.2. The van der Waals surface area contributed by atoms with E-state index in [4.69, 9.17) is 5.26 Å². The van der Waals surface area contributed by atoms with E-state index in [1.807, 2.05) is 35.2 Å². The molecule has 0 heterocycles. The van der Waals surface area contributed by atoms with Crippen LogP contribution >= 0.6 is 0 Å². The molecule has 106 valence electrons. The molecule has 1 fully saturated rings. The first-order valence-corrected chi connectivity index (χ1v) is 7.51. The van der Waals surface area contributed by atoms with Crippen molar-refractivity contribution in [3.05, 3.63) is 35.9 Å². The molecule has 3 nitrogen and oxygen atoms in total. The SMILES string of the molecule is N#CCCN(Cc1ccccc1)C(=O)C1CCCCC1. The molecule has 1 amide bonds. The van der Waals surface area contributed by atoms with Crippen molar-refractivity contribution in [2.45, 2.75) is 45.1 Å². The maximum atomic E-state index is 12.6. The van der Waals surface area contributed by atoms with E-state index in [0.717, 1.165) is 31.2 Å². The van der Waals surface area contributed by atoms with Gasteiger partial charge in [0.05, 0.1) is 12.5 Å². The van der Waals surface area contributed by atoms with Gasteiger partial charge >= 0.3 is 0 Å². The molecule has 1 aromatic rings. The summed E-state index contributed by atoms with van der Waals surface area (Å²) >= 11 is 0. The van der Waals surface area contributed by atoms with E-state index in [9.17, 15) is 4.79 Å². The zero-order valence-electron chi connectivity index (χ0n) is 11.9. The van der Waals surface area contributed by atoms with Crippen molar-refractivity contribution in [1.29, 1.82) is 5.26 Å². The molecule has 0 bridgehead atoms. The lowest BCUT2D eigenvalue weighted by atomic mass is 9.88. The summed E-state index contributed by atoms with van der Waals surface area (Å²) in [5.41, 5.74) is 1.13. The zero-order valence-corrected chi connectivity index (χ0v) is 11.9. The predicted molar refractivity (Wildman–Crippen MR) is 78.7 cm³/mol. The smallest absolute Gasteiger partial charge is 0.226 e. The Morgan fingerprint density at radius 1 is 1.20 bits per heavy atom. The molecule has 20 heavy (non-hydrogen) atoms. The van der Waals surface area contributed by atoms with Gasteiger partial charge in [-0.25, -0.2) is 0 Å². The van der Waals surface area contributed by atoms with Crippen LogP contribution in [-0.2, 0) is 11.3 Å². The zero-order chi connectivity index (χ0) is 14.2. The number of carbonyl (C=O) groups is 1. The molecule has 0 aliphatic heterocycles. The average Bonchev–Trinajstić information content (AvgIpc) is 2.52. The minimum absolute atomic E-state index is 0.172. The molecule has 0 N–H and O–H groups in total. The fourth-order valence-electron chi connectivity index (χ4n) is 2.86. The molecule has 0 atom stereocenters. The molecule has 0 unspecified atom stereocenters. The average molecular weight is 270 g/mol. The largest absolute Gasteiger partial charge is 0.337 e. The first-order chi connectivity index (χ1) is 9.81. The molecular formula is C17H22N2O. The highest BCUT2D eigenvalue weighted by Crippen LogP contribution is 2.26. The van der Waals surface area contributed by atoms with Crippen molar-refractivity contribution in [1.82, 2.24) is 4.90 Å². The Morgan fingerprint density at radius 2 is 1.90 bits per heavy atom. The highest BCUT2D eigenvalue weighted by Gasteiger charge is 2.25. The lowest BCUT2D eigenvalue weighted by Crippen LogP contribution is -2.37. The second-order valence-electron chi connectivity index (χ2n) is 5.49. The Bertz CT molecular complexity index is 458. The number of nitriles is 1. The normalized spacial score (nSPS) is 15.6. The number of rotatable bonds is 5. The van der Waals surface area contributed by atoms with Crippen LogP contribution in [0.4, 0.5) is 0 Å². The monoisotopic (exact) mass is 270 g/mol.